The number of carbonyl (C=O) groups is 2. The fourth-order valence-electron chi connectivity index (χ4n) is 1.90. The first-order valence-electron chi connectivity index (χ1n) is 7.27. The number of hydrogen-bond donors (Lipinski definition) is 2. The van der Waals surface area contributed by atoms with Crippen LogP contribution in [0.5, 0.6) is 11.5 Å². The molecule has 1 aromatic rings. The van der Waals surface area contributed by atoms with Crippen molar-refractivity contribution < 1.29 is 23.8 Å². The van der Waals surface area contributed by atoms with Crippen molar-refractivity contribution in [3.8, 4) is 11.5 Å². The van der Waals surface area contributed by atoms with E-state index in [9.17, 15) is 9.59 Å². The van der Waals surface area contributed by atoms with E-state index in [1.54, 1.807) is 19.2 Å². The van der Waals surface area contributed by atoms with Crippen LogP contribution in [0.2, 0.25) is 0 Å². The number of hydrogen-bond acceptors (Lipinski definition) is 6. The largest absolute Gasteiger partial charge is 0.454 e. The van der Waals surface area contributed by atoms with Gasteiger partial charge in [0.15, 0.2) is 11.5 Å². The molecule has 8 nitrogen and oxygen atoms in total. The number of carbonyl (C=O) groups excluding carboxylic acids is 2. The van der Waals surface area contributed by atoms with Crippen molar-refractivity contribution in [2.24, 2.45) is 5.10 Å². The highest BCUT2D eigenvalue weighted by atomic mass is 79.9. The average Bonchev–Trinajstić information content (AvgIpc) is 2.98. The van der Waals surface area contributed by atoms with Gasteiger partial charge in [-0.2, -0.15) is 5.10 Å². The molecule has 130 valence electrons. The van der Waals surface area contributed by atoms with Gasteiger partial charge >= 0.3 is 0 Å². The van der Waals surface area contributed by atoms with Crippen LogP contribution in [0.4, 0.5) is 0 Å². The van der Waals surface area contributed by atoms with Gasteiger partial charge in [-0.25, -0.2) is 5.43 Å². The highest BCUT2D eigenvalue weighted by molar-refractivity contribution is 9.10. The Morgan fingerprint density at radius 2 is 2.08 bits per heavy atom. The molecule has 1 aliphatic rings. The van der Waals surface area contributed by atoms with Crippen molar-refractivity contribution in [1.82, 2.24) is 10.7 Å². The van der Waals surface area contributed by atoms with Crippen LogP contribution in [-0.2, 0) is 14.3 Å². The summed E-state index contributed by atoms with van der Waals surface area (Å²) in [5, 5.41) is 6.46. The van der Waals surface area contributed by atoms with Gasteiger partial charge in [0, 0.05) is 30.3 Å². The van der Waals surface area contributed by atoms with Gasteiger partial charge in [0.25, 0.3) is 0 Å². The standard InChI is InChI=1S/C15H18BrN3O5/c1-22-4-2-3-17-14(20)7-15(21)19-18-8-10-5-12-13(6-11(10)16)24-9-23-12/h5-6,8H,2-4,7,9H2,1H3,(H,17,20)(H,19,21)/b18-8-. The summed E-state index contributed by atoms with van der Waals surface area (Å²) in [6, 6.07) is 3.50. The molecule has 0 atom stereocenters. The number of rotatable bonds is 8. The molecular weight excluding hydrogens is 382 g/mol. The lowest BCUT2D eigenvalue weighted by Crippen LogP contribution is -2.30. The molecule has 1 heterocycles. The smallest absolute Gasteiger partial charge is 0.249 e. The Balaban J connectivity index is 1.77. The Morgan fingerprint density at radius 3 is 2.83 bits per heavy atom. The van der Waals surface area contributed by atoms with Crippen molar-refractivity contribution in [2.75, 3.05) is 27.1 Å². The van der Waals surface area contributed by atoms with Gasteiger partial charge < -0.3 is 19.5 Å². The summed E-state index contributed by atoms with van der Waals surface area (Å²) in [5.41, 5.74) is 3.02. The summed E-state index contributed by atoms with van der Waals surface area (Å²) in [7, 11) is 1.59. The van der Waals surface area contributed by atoms with E-state index < -0.39 is 5.91 Å². The summed E-state index contributed by atoms with van der Waals surface area (Å²) in [5.74, 6) is 0.407. The third-order valence-electron chi connectivity index (χ3n) is 3.05. The van der Waals surface area contributed by atoms with E-state index in [1.807, 2.05) is 0 Å². The minimum Gasteiger partial charge on any atom is -0.454 e. The number of nitrogens with one attached hydrogen (secondary N) is 2. The summed E-state index contributed by atoms with van der Waals surface area (Å²) >= 11 is 3.38. The summed E-state index contributed by atoms with van der Waals surface area (Å²) in [4.78, 5) is 23.2. The fraction of sp³-hybridized carbons (Fsp3) is 0.400. The van der Waals surface area contributed by atoms with E-state index in [1.165, 1.54) is 6.21 Å². The molecular formula is C15H18BrN3O5. The van der Waals surface area contributed by atoms with E-state index in [4.69, 9.17) is 14.2 Å². The topological polar surface area (TPSA) is 98.2 Å². The third-order valence-corrected chi connectivity index (χ3v) is 3.74. The number of methoxy groups -OCH3 is 1. The van der Waals surface area contributed by atoms with Crippen molar-refractivity contribution in [3.05, 3.63) is 22.2 Å². The molecule has 0 radical (unpaired) electrons. The maximum atomic E-state index is 11.6. The maximum Gasteiger partial charge on any atom is 0.249 e. The molecule has 0 saturated heterocycles. The first kappa shape index (κ1) is 18.2. The quantitative estimate of drug-likeness (QED) is 0.296. The summed E-state index contributed by atoms with van der Waals surface area (Å²) < 4.78 is 16.1. The SMILES string of the molecule is COCCCNC(=O)CC(=O)N/N=C\c1cc2c(cc1Br)OCO2. The van der Waals surface area contributed by atoms with Gasteiger partial charge in [-0.1, -0.05) is 0 Å². The lowest BCUT2D eigenvalue weighted by molar-refractivity contribution is -0.129. The minimum atomic E-state index is -0.493. The minimum absolute atomic E-state index is 0.179. The molecule has 0 unspecified atom stereocenters. The lowest BCUT2D eigenvalue weighted by atomic mass is 10.2. The number of benzene rings is 1. The van der Waals surface area contributed by atoms with Gasteiger partial charge in [0.2, 0.25) is 18.6 Å². The second kappa shape index (κ2) is 9.24. The molecule has 24 heavy (non-hydrogen) atoms. The Morgan fingerprint density at radius 1 is 1.33 bits per heavy atom. The van der Waals surface area contributed by atoms with Gasteiger partial charge in [0.05, 0.1) is 6.21 Å². The molecule has 2 N–H and O–H groups in total. The number of hydrazone groups is 1. The van der Waals surface area contributed by atoms with Crippen molar-refractivity contribution in [2.45, 2.75) is 12.8 Å². The van der Waals surface area contributed by atoms with Gasteiger partial charge in [-0.15, -0.1) is 0 Å². The van der Waals surface area contributed by atoms with Crippen molar-refractivity contribution >= 4 is 34.0 Å². The number of halogens is 1. The van der Waals surface area contributed by atoms with Crippen LogP contribution in [0.3, 0.4) is 0 Å². The van der Waals surface area contributed by atoms with E-state index in [0.29, 0.717) is 36.6 Å². The Bertz CT molecular complexity index is 636. The van der Waals surface area contributed by atoms with Gasteiger partial charge in [0.1, 0.15) is 6.42 Å². The highest BCUT2D eigenvalue weighted by Crippen LogP contribution is 2.36. The molecule has 1 aromatic carbocycles. The Kier molecular flexibility index (Phi) is 7.01. The van der Waals surface area contributed by atoms with E-state index in [2.05, 4.69) is 31.8 Å². The highest BCUT2D eigenvalue weighted by Gasteiger charge is 2.15. The molecule has 2 amide bonds. The molecule has 1 aliphatic heterocycles. The van der Waals surface area contributed by atoms with Crippen LogP contribution in [0.1, 0.15) is 18.4 Å². The predicted molar refractivity (Wildman–Crippen MR) is 90.1 cm³/mol. The molecule has 2 rings (SSSR count). The molecule has 0 aliphatic carbocycles. The Hall–Kier alpha value is -2.13. The second-order valence-corrected chi connectivity index (χ2v) is 5.75. The fourth-order valence-corrected chi connectivity index (χ4v) is 2.32. The maximum absolute atomic E-state index is 11.6. The van der Waals surface area contributed by atoms with Crippen LogP contribution in [0.25, 0.3) is 0 Å². The summed E-state index contributed by atoms with van der Waals surface area (Å²) in [6.07, 6.45) is 1.87. The number of nitrogens with zero attached hydrogens (tertiary/aromatic N) is 1. The van der Waals surface area contributed by atoms with E-state index in [-0.39, 0.29) is 19.1 Å². The number of fused-ring (bicyclic) bond motifs is 1. The van der Waals surface area contributed by atoms with Crippen LogP contribution in [-0.4, -0.2) is 45.1 Å². The predicted octanol–water partition coefficient (Wildman–Crippen LogP) is 1.17. The lowest BCUT2D eigenvalue weighted by Gasteiger charge is -2.04. The average molecular weight is 400 g/mol. The van der Waals surface area contributed by atoms with Gasteiger partial charge in [-0.3, -0.25) is 9.59 Å². The van der Waals surface area contributed by atoms with E-state index >= 15 is 0 Å². The number of ether oxygens (including phenoxy) is 3. The summed E-state index contributed by atoms with van der Waals surface area (Å²) in [6.45, 7) is 1.20. The van der Waals surface area contributed by atoms with E-state index in [0.717, 1.165) is 4.47 Å². The molecule has 0 fully saturated rings. The molecule has 0 bridgehead atoms. The third kappa shape index (κ3) is 5.50. The Labute approximate surface area is 147 Å². The van der Waals surface area contributed by atoms with Crippen molar-refractivity contribution in [3.63, 3.8) is 0 Å². The van der Waals surface area contributed by atoms with Crippen LogP contribution in [0.15, 0.2) is 21.7 Å². The van der Waals surface area contributed by atoms with Crippen LogP contribution in [0, 0.1) is 0 Å². The zero-order valence-electron chi connectivity index (χ0n) is 13.1. The van der Waals surface area contributed by atoms with Crippen LogP contribution < -0.4 is 20.2 Å². The molecule has 0 spiro atoms. The first-order valence-corrected chi connectivity index (χ1v) is 8.06. The first-order chi connectivity index (χ1) is 11.6. The molecule has 0 aromatic heterocycles. The molecule has 9 heteroatoms. The van der Waals surface area contributed by atoms with Gasteiger partial charge in [-0.05, 0) is 34.5 Å². The molecule has 0 saturated carbocycles. The zero-order chi connectivity index (χ0) is 17.4. The number of amides is 2. The van der Waals surface area contributed by atoms with Crippen LogP contribution >= 0.6 is 15.9 Å². The second-order valence-electron chi connectivity index (χ2n) is 4.89. The normalized spacial score (nSPS) is 12.4. The van der Waals surface area contributed by atoms with Crippen molar-refractivity contribution in [1.29, 1.82) is 0 Å². The zero-order valence-corrected chi connectivity index (χ0v) is 14.7. The monoisotopic (exact) mass is 399 g/mol.